The van der Waals surface area contributed by atoms with E-state index >= 15 is 0 Å². The molecule has 306 valence electrons. The molecule has 2 aromatic heterocycles. The lowest BCUT2D eigenvalue weighted by atomic mass is 9.85. The highest BCUT2D eigenvalue weighted by molar-refractivity contribution is 6.23. The lowest BCUT2D eigenvalue weighted by Gasteiger charge is -2.19. The standard InChI is InChI=1S/C64H40N2/c1-3-19-46(20-4-1)65-60-33-11-9-23-50(60)56-31-15-29-54(63(56)65)48-25-13-27-52-58(48)40-59-49(55-30-16-32-57-51-24-10-12-34-61(51)66(64(55)57)47-21-5-2-6-22-47)26-14-28-53(59)62(52)44-36-35-43-37-41-17-7-8-18-42(41)38-45(43)39-44/h1-40H. The quantitative estimate of drug-likeness (QED) is 0.153. The van der Waals surface area contributed by atoms with Gasteiger partial charge in [-0.3, -0.25) is 0 Å². The second-order valence-electron chi connectivity index (χ2n) is 17.6. The monoisotopic (exact) mass is 836 g/mol. The summed E-state index contributed by atoms with van der Waals surface area (Å²) in [7, 11) is 0. The summed E-state index contributed by atoms with van der Waals surface area (Å²) in [5.41, 5.74) is 14.4. The maximum Gasteiger partial charge on any atom is 0.0619 e. The molecule has 0 radical (unpaired) electrons. The number of para-hydroxylation sites is 6. The molecule has 0 saturated heterocycles. The minimum absolute atomic E-state index is 1.15. The van der Waals surface area contributed by atoms with Gasteiger partial charge in [-0.15, -0.1) is 0 Å². The van der Waals surface area contributed by atoms with Gasteiger partial charge >= 0.3 is 0 Å². The number of hydrogen-bond donors (Lipinski definition) is 0. The Kier molecular flexibility index (Phi) is 8.02. The molecule has 0 N–H and O–H groups in total. The van der Waals surface area contributed by atoms with Gasteiger partial charge in [-0.1, -0.05) is 182 Å². The number of rotatable bonds is 5. The molecule has 0 unspecified atom stereocenters. The fourth-order valence-corrected chi connectivity index (χ4v) is 11.2. The third kappa shape index (κ3) is 5.42. The van der Waals surface area contributed by atoms with Gasteiger partial charge in [-0.2, -0.15) is 0 Å². The molecule has 0 atom stereocenters. The first kappa shape index (κ1) is 36.7. The smallest absolute Gasteiger partial charge is 0.0619 e. The number of aromatic nitrogens is 2. The van der Waals surface area contributed by atoms with Crippen LogP contribution in [0.3, 0.4) is 0 Å². The summed E-state index contributed by atoms with van der Waals surface area (Å²) in [4.78, 5) is 0. The molecular formula is C64H40N2. The average molecular weight is 837 g/mol. The van der Waals surface area contributed by atoms with E-state index < -0.39 is 0 Å². The van der Waals surface area contributed by atoms with Crippen molar-refractivity contribution in [2.24, 2.45) is 0 Å². The van der Waals surface area contributed by atoms with Crippen LogP contribution in [0, 0.1) is 0 Å². The van der Waals surface area contributed by atoms with E-state index in [1.54, 1.807) is 0 Å². The van der Waals surface area contributed by atoms with Gasteiger partial charge in [-0.05, 0) is 126 Å². The third-order valence-electron chi connectivity index (χ3n) is 14.0. The Morgan fingerprint density at radius 2 is 0.636 bits per heavy atom. The topological polar surface area (TPSA) is 9.86 Å². The molecule has 0 bridgehead atoms. The molecule has 0 spiro atoms. The molecule has 14 aromatic rings. The highest BCUT2D eigenvalue weighted by Crippen LogP contribution is 2.48. The predicted molar refractivity (Wildman–Crippen MR) is 281 cm³/mol. The summed E-state index contributed by atoms with van der Waals surface area (Å²) in [6.45, 7) is 0. The molecule has 0 amide bonds. The van der Waals surface area contributed by atoms with Crippen LogP contribution in [-0.4, -0.2) is 9.13 Å². The van der Waals surface area contributed by atoms with Crippen LogP contribution in [0.1, 0.15) is 0 Å². The van der Waals surface area contributed by atoms with Crippen molar-refractivity contribution in [2.45, 2.75) is 0 Å². The Hall–Kier alpha value is -8.72. The van der Waals surface area contributed by atoms with Crippen molar-refractivity contribution in [3.8, 4) is 44.8 Å². The van der Waals surface area contributed by atoms with Gasteiger partial charge in [0.25, 0.3) is 0 Å². The van der Waals surface area contributed by atoms with E-state index in [4.69, 9.17) is 0 Å². The summed E-state index contributed by atoms with van der Waals surface area (Å²) < 4.78 is 4.92. The lowest BCUT2D eigenvalue weighted by Crippen LogP contribution is -1.97. The van der Waals surface area contributed by atoms with Crippen LogP contribution >= 0.6 is 0 Å². The van der Waals surface area contributed by atoms with Gasteiger partial charge in [0.1, 0.15) is 0 Å². The molecule has 0 aliphatic rings. The zero-order chi connectivity index (χ0) is 43.3. The van der Waals surface area contributed by atoms with E-state index in [0.717, 1.165) is 11.4 Å². The molecular weight excluding hydrogens is 797 g/mol. The van der Waals surface area contributed by atoms with Crippen LogP contribution in [0.2, 0.25) is 0 Å². The van der Waals surface area contributed by atoms with Gasteiger partial charge in [0.2, 0.25) is 0 Å². The van der Waals surface area contributed by atoms with E-state index in [-0.39, 0.29) is 0 Å². The second-order valence-corrected chi connectivity index (χ2v) is 17.6. The second kappa shape index (κ2) is 14.4. The normalized spacial score (nSPS) is 11.9. The lowest BCUT2D eigenvalue weighted by molar-refractivity contribution is 1.18. The maximum atomic E-state index is 2.50. The van der Waals surface area contributed by atoms with Crippen molar-refractivity contribution in [1.82, 2.24) is 9.13 Å². The molecule has 2 nitrogen and oxygen atoms in total. The van der Waals surface area contributed by atoms with E-state index in [2.05, 4.69) is 252 Å². The zero-order valence-electron chi connectivity index (χ0n) is 36.0. The van der Waals surface area contributed by atoms with Gasteiger partial charge < -0.3 is 9.13 Å². The summed E-state index contributed by atoms with van der Waals surface area (Å²) in [5.74, 6) is 0. The first-order chi connectivity index (χ1) is 32.8. The Bertz CT molecular complexity index is 4050. The molecule has 2 heterocycles. The maximum absolute atomic E-state index is 2.50. The first-order valence-corrected chi connectivity index (χ1v) is 22.8. The first-order valence-electron chi connectivity index (χ1n) is 22.8. The van der Waals surface area contributed by atoms with Gasteiger partial charge in [0.15, 0.2) is 0 Å². The molecule has 0 saturated carbocycles. The summed E-state index contributed by atoms with van der Waals surface area (Å²) in [6.07, 6.45) is 0. The van der Waals surface area contributed by atoms with Crippen molar-refractivity contribution < 1.29 is 0 Å². The van der Waals surface area contributed by atoms with Crippen LogP contribution < -0.4 is 0 Å². The van der Waals surface area contributed by atoms with Crippen LogP contribution in [0.15, 0.2) is 243 Å². The molecule has 0 fully saturated rings. The molecule has 14 rings (SSSR count). The number of benzene rings is 12. The molecule has 0 aliphatic carbocycles. The number of nitrogens with zero attached hydrogens (tertiary/aromatic N) is 2. The Morgan fingerprint density at radius 3 is 1.17 bits per heavy atom. The van der Waals surface area contributed by atoms with E-state index in [1.165, 1.54) is 120 Å². The van der Waals surface area contributed by atoms with Crippen molar-refractivity contribution >= 4 is 86.7 Å². The predicted octanol–water partition coefficient (Wildman–Crippen LogP) is 17.5. The minimum atomic E-state index is 1.15. The van der Waals surface area contributed by atoms with Gasteiger partial charge in [-0.25, -0.2) is 0 Å². The van der Waals surface area contributed by atoms with Crippen molar-refractivity contribution in [3.05, 3.63) is 243 Å². The zero-order valence-corrected chi connectivity index (χ0v) is 36.0. The van der Waals surface area contributed by atoms with Gasteiger partial charge in [0, 0.05) is 44.0 Å². The third-order valence-corrected chi connectivity index (χ3v) is 14.0. The van der Waals surface area contributed by atoms with Crippen LogP contribution in [0.5, 0.6) is 0 Å². The van der Waals surface area contributed by atoms with E-state index in [1.807, 2.05) is 0 Å². The van der Waals surface area contributed by atoms with E-state index in [9.17, 15) is 0 Å². The molecule has 0 aliphatic heterocycles. The fraction of sp³-hybridized carbons (Fsp3) is 0. The van der Waals surface area contributed by atoms with Crippen molar-refractivity contribution in [2.75, 3.05) is 0 Å². The Morgan fingerprint density at radius 1 is 0.227 bits per heavy atom. The highest BCUT2D eigenvalue weighted by atomic mass is 15.0. The summed E-state index contributed by atoms with van der Waals surface area (Å²) in [6, 6.07) is 89.8. The highest BCUT2D eigenvalue weighted by Gasteiger charge is 2.22. The van der Waals surface area contributed by atoms with E-state index in [0.29, 0.717) is 0 Å². The van der Waals surface area contributed by atoms with Crippen LogP contribution in [-0.2, 0) is 0 Å². The summed E-state index contributed by atoms with van der Waals surface area (Å²) >= 11 is 0. The SMILES string of the molecule is c1ccc(-n2c3ccccc3c3cccc(-c4cccc5c(-c6ccc7cc8ccccc8cc7c6)c6cccc(-c7cccc8c9ccccc9n(-c9ccccc9)c78)c6cc45)c32)cc1. The molecule has 12 aromatic carbocycles. The average Bonchev–Trinajstić information content (AvgIpc) is 3.91. The minimum Gasteiger partial charge on any atom is -0.309 e. The number of hydrogen-bond acceptors (Lipinski definition) is 0. The Balaban J connectivity index is 1.13. The number of fused-ring (bicyclic) bond motifs is 10. The van der Waals surface area contributed by atoms with Crippen LogP contribution in [0.4, 0.5) is 0 Å². The molecule has 2 heteroatoms. The van der Waals surface area contributed by atoms with Gasteiger partial charge in [0.05, 0.1) is 22.1 Å². The Labute approximate surface area is 381 Å². The fourth-order valence-electron chi connectivity index (χ4n) is 11.2. The van der Waals surface area contributed by atoms with Crippen molar-refractivity contribution in [3.63, 3.8) is 0 Å². The van der Waals surface area contributed by atoms with Crippen LogP contribution in [0.25, 0.3) is 131 Å². The molecule has 66 heavy (non-hydrogen) atoms. The van der Waals surface area contributed by atoms with Crippen molar-refractivity contribution in [1.29, 1.82) is 0 Å². The summed E-state index contributed by atoms with van der Waals surface area (Å²) in [5, 5.41) is 14.9. The largest absolute Gasteiger partial charge is 0.309 e.